The van der Waals surface area contributed by atoms with E-state index < -0.39 is 6.10 Å². The summed E-state index contributed by atoms with van der Waals surface area (Å²) in [4.78, 5) is 19.8. The third-order valence-electron chi connectivity index (χ3n) is 4.13. The first kappa shape index (κ1) is 15.4. The van der Waals surface area contributed by atoms with Gasteiger partial charge in [-0.2, -0.15) is 0 Å². The molecule has 0 aliphatic carbocycles. The smallest absolute Gasteiger partial charge is 0.261 e. The molecule has 0 spiro atoms. The molecule has 1 atom stereocenters. The quantitative estimate of drug-likeness (QED) is 0.586. The molecule has 2 heterocycles. The number of benzene rings is 2. The first-order valence-corrected chi connectivity index (χ1v) is 8.03. The number of para-hydroxylation sites is 1. The van der Waals surface area contributed by atoms with Crippen LogP contribution in [0.2, 0.25) is 0 Å². The van der Waals surface area contributed by atoms with E-state index in [0.717, 1.165) is 10.9 Å². The highest BCUT2D eigenvalue weighted by molar-refractivity contribution is 5.85. The number of aromatic nitrogens is 3. The van der Waals surface area contributed by atoms with E-state index in [1.54, 1.807) is 18.2 Å². The Morgan fingerprint density at radius 2 is 2.00 bits per heavy atom. The highest BCUT2D eigenvalue weighted by Gasteiger charge is 2.11. The van der Waals surface area contributed by atoms with E-state index in [-0.39, 0.29) is 18.7 Å². The minimum Gasteiger partial charge on any atom is -0.490 e. The first-order chi connectivity index (χ1) is 12.2. The maximum Gasteiger partial charge on any atom is 0.261 e. The Morgan fingerprint density at radius 3 is 2.92 bits per heavy atom. The molecule has 4 aromatic rings. The van der Waals surface area contributed by atoms with Crippen LogP contribution in [0.15, 0.2) is 65.8 Å². The maximum absolute atomic E-state index is 12.4. The predicted molar refractivity (Wildman–Crippen MR) is 95.8 cm³/mol. The molecule has 0 aliphatic heterocycles. The number of rotatable bonds is 5. The second kappa shape index (κ2) is 6.41. The van der Waals surface area contributed by atoms with Gasteiger partial charge in [-0.05, 0) is 30.3 Å². The van der Waals surface area contributed by atoms with E-state index in [2.05, 4.69) is 9.97 Å². The second-order valence-electron chi connectivity index (χ2n) is 5.88. The molecule has 2 aromatic carbocycles. The van der Waals surface area contributed by atoms with Gasteiger partial charge in [0.2, 0.25) is 0 Å². The van der Waals surface area contributed by atoms with Crippen molar-refractivity contribution in [1.82, 2.24) is 14.5 Å². The first-order valence-electron chi connectivity index (χ1n) is 8.03. The Hall–Kier alpha value is -3.12. The van der Waals surface area contributed by atoms with E-state index in [1.807, 2.05) is 36.5 Å². The normalized spacial score (nSPS) is 12.5. The van der Waals surface area contributed by atoms with Crippen LogP contribution in [0.3, 0.4) is 0 Å². The monoisotopic (exact) mass is 335 g/mol. The van der Waals surface area contributed by atoms with Crippen LogP contribution in [-0.4, -0.2) is 32.4 Å². The Balaban J connectivity index is 1.49. The minimum atomic E-state index is -0.824. The van der Waals surface area contributed by atoms with Crippen molar-refractivity contribution in [3.05, 3.63) is 71.4 Å². The lowest BCUT2D eigenvalue weighted by Gasteiger charge is -2.14. The van der Waals surface area contributed by atoms with Gasteiger partial charge in [0.25, 0.3) is 5.56 Å². The summed E-state index contributed by atoms with van der Waals surface area (Å²) in [7, 11) is 0. The van der Waals surface area contributed by atoms with Crippen molar-refractivity contribution in [3.8, 4) is 5.75 Å². The number of ether oxygens (including phenoxy) is 1. The van der Waals surface area contributed by atoms with Crippen LogP contribution in [-0.2, 0) is 6.54 Å². The van der Waals surface area contributed by atoms with Gasteiger partial charge in [-0.25, -0.2) is 4.98 Å². The Kier molecular flexibility index (Phi) is 3.95. The molecule has 0 radical (unpaired) electrons. The van der Waals surface area contributed by atoms with Crippen LogP contribution in [0, 0.1) is 0 Å². The van der Waals surface area contributed by atoms with E-state index in [4.69, 9.17) is 4.74 Å². The molecule has 0 saturated heterocycles. The number of aromatic amines is 1. The molecule has 1 unspecified atom stereocenters. The molecule has 0 bridgehead atoms. The van der Waals surface area contributed by atoms with E-state index in [9.17, 15) is 9.90 Å². The van der Waals surface area contributed by atoms with Crippen molar-refractivity contribution in [2.45, 2.75) is 12.6 Å². The third kappa shape index (κ3) is 2.99. The number of nitrogens with one attached hydrogen (secondary N) is 1. The lowest BCUT2D eigenvalue weighted by Crippen LogP contribution is -2.30. The van der Waals surface area contributed by atoms with Crippen molar-refractivity contribution >= 4 is 21.8 Å². The molecule has 0 saturated carbocycles. The molecule has 25 heavy (non-hydrogen) atoms. The number of aliphatic hydroxyl groups excluding tert-OH is 1. The zero-order valence-electron chi connectivity index (χ0n) is 13.4. The zero-order valence-corrected chi connectivity index (χ0v) is 13.4. The molecule has 0 amide bonds. The standard InChI is InChI=1S/C19H17N3O3/c23-13(11-25-18-7-3-6-16-14(18)8-9-20-16)10-22-12-21-17-5-2-1-4-15(17)19(22)24/h1-9,12-13,20,23H,10-11H2. The van der Waals surface area contributed by atoms with Crippen LogP contribution in [0.4, 0.5) is 0 Å². The molecule has 6 nitrogen and oxygen atoms in total. The highest BCUT2D eigenvalue weighted by atomic mass is 16.5. The topological polar surface area (TPSA) is 80.1 Å². The lowest BCUT2D eigenvalue weighted by atomic mass is 10.2. The summed E-state index contributed by atoms with van der Waals surface area (Å²) in [5.41, 5.74) is 1.45. The molecule has 2 aromatic heterocycles. The summed E-state index contributed by atoms with van der Waals surface area (Å²) in [6, 6.07) is 14.8. The van der Waals surface area contributed by atoms with E-state index in [1.165, 1.54) is 10.9 Å². The van der Waals surface area contributed by atoms with Crippen molar-refractivity contribution < 1.29 is 9.84 Å². The summed E-state index contributed by atoms with van der Waals surface area (Å²) in [6.07, 6.45) is 2.48. The third-order valence-corrected chi connectivity index (χ3v) is 4.13. The molecular weight excluding hydrogens is 318 g/mol. The van der Waals surface area contributed by atoms with E-state index in [0.29, 0.717) is 16.7 Å². The van der Waals surface area contributed by atoms with Crippen LogP contribution in [0.1, 0.15) is 0 Å². The van der Waals surface area contributed by atoms with Gasteiger partial charge >= 0.3 is 0 Å². The molecule has 0 fully saturated rings. The largest absolute Gasteiger partial charge is 0.490 e. The summed E-state index contributed by atoms with van der Waals surface area (Å²) < 4.78 is 7.14. The van der Waals surface area contributed by atoms with Crippen LogP contribution < -0.4 is 10.3 Å². The van der Waals surface area contributed by atoms with Gasteiger partial charge in [0.05, 0.1) is 23.8 Å². The van der Waals surface area contributed by atoms with Gasteiger partial charge in [0.1, 0.15) is 18.5 Å². The summed E-state index contributed by atoms with van der Waals surface area (Å²) in [5.74, 6) is 0.696. The summed E-state index contributed by atoms with van der Waals surface area (Å²) >= 11 is 0. The van der Waals surface area contributed by atoms with Gasteiger partial charge < -0.3 is 14.8 Å². The van der Waals surface area contributed by atoms with Crippen LogP contribution >= 0.6 is 0 Å². The van der Waals surface area contributed by atoms with Gasteiger partial charge in [-0.3, -0.25) is 9.36 Å². The van der Waals surface area contributed by atoms with Gasteiger partial charge in [0, 0.05) is 17.1 Å². The van der Waals surface area contributed by atoms with Gasteiger partial charge in [-0.15, -0.1) is 0 Å². The Labute approximate surface area is 143 Å². The van der Waals surface area contributed by atoms with Crippen molar-refractivity contribution in [3.63, 3.8) is 0 Å². The summed E-state index contributed by atoms with van der Waals surface area (Å²) in [6.45, 7) is 0.212. The van der Waals surface area contributed by atoms with Gasteiger partial charge in [0.15, 0.2) is 0 Å². The molecule has 4 rings (SSSR count). The van der Waals surface area contributed by atoms with E-state index >= 15 is 0 Å². The molecule has 0 aliphatic rings. The molecule has 2 N–H and O–H groups in total. The number of aliphatic hydroxyl groups is 1. The van der Waals surface area contributed by atoms with Gasteiger partial charge in [-0.1, -0.05) is 18.2 Å². The predicted octanol–water partition coefficient (Wildman–Crippen LogP) is 2.32. The molecular formula is C19H17N3O3. The number of hydrogen-bond acceptors (Lipinski definition) is 4. The highest BCUT2D eigenvalue weighted by Crippen LogP contribution is 2.24. The molecule has 126 valence electrons. The number of fused-ring (bicyclic) bond motifs is 2. The summed E-state index contributed by atoms with van der Waals surface area (Å²) in [5, 5.41) is 11.8. The lowest BCUT2D eigenvalue weighted by molar-refractivity contribution is 0.0922. The fourth-order valence-corrected chi connectivity index (χ4v) is 2.88. The number of hydrogen-bond donors (Lipinski definition) is 2. The number of H-pyrrole nitrogens is 1. The minimum absolute atomic E-state index is 0.0869. The van der Waals surface area contributed by atoms with Crippen LogP contribution in [0.25, 0.3) is 21.8 Å². The molecule has 6 heteroatoms. The average Bonchev–Trinajstić information content (AvgIpc) is 3.12. The Morgan fingerprint density at radius 1 is 1.12 bits per heavy atom. The Bertz CT molecular complexity index is 1080. The fourth-order valence-electron chi connectivity index (χ4n) is 2.88. The second-order valence-corrected chi connectivity index (χ2v) is 5.88. The van der Waals surface area contributed by atoms with Crippen molar-refractivity contribution in [1.29, 1.82) is 0 Å². The zero-order chi connectivity index (χ0) is 17.2. The maximum atomic E-state index is 12.4. The number of nitrogens with zero attached hydrogens (tertiary/aromatic N) is 2. The SMILES string of the molecule is O=c1c2ccccc2ncn1CC(O)COc1cccc2[nH]ccc12. The van der Waals surface area contributed by atoms with Crippen LogP contribution in [0.5, 0.6) is 5.75 Å². The van der Waals surface area contributed by atoms with Crippen molar-refractivity contribution in [2.24, 2.45) is 0 Å². The fraction of sp³-hybridized carbons (Fsp3) is 0.158. The average molecular weight is 335 g/mol. The van der Waals surface area contributed by atoms with Crippen molar-refractivity contribution in [2.75, 3.05) is 6.61 Å².